The summed E-state index contributed by atoms with van der Waals surface area (Å²) in [4.78, 5) is 1.80. The molecule has 0 aliphatic carbocycles. The van der Waals surface area contributed by atoms with Crippen molar-refractivity contribution in [2.45, 2.75) is 13.5 Å². The molecular formula is C16H14F2N2. The van der Waals surface area contributed by atoms with Gasteiger partial charge in [0, 0.05) is 13.1 Å². The fraction of sp³-hybridized carbons (Fsp3) is 0.188. The second kappa shape index (κ2) is 6.16. The van der Waals surface area contributed by atoms with Gasteiger partial charge in [-0.25, -0.2) is 8.78 Å². The van der Waals surface area contributed by atoms with E-state index in [9.17, 15) is 8.78 Å². The van der Waals surface area contributed by atoms with E-state index in [4.69, 9.17) is 5.26 Å². The van der Waals surface area contributed by atoms with E-state index >= 15 is 0 Å². The Morgan fingerprint density at radius 2 is 1.90 bits per heavy atom. The molecule has 102 valence electrons. The molecule has 2 nitrogen and oxygen atoms in total. The van der Waals surface area contributed by atoms with Gasteiger partial charge in [0.1, 0.15) is 11.6 Å². The lowest BCUT2D eigenvalue weighted by Gasteiger charge is -2.23. The van der Waals surface area contributed by atoms with E-state index in [0.29, 0.717) is 24.3 Å². The minimum absolute atomic E-state index is 0.268. The van der Waals surface area contributed by atoms with Crippen molar-refractivity contribution in [1.29, 1.82) is 5.26 Å². The monoisotopic (exact) mass is 272 g/mol. The quantitative estimate of drug-likeness (QED) is 0.845. The lowest BCUT2D eigenvalue weighted by atomic mass is 10.1. The fourth-order valence-electron chi connectivity index (χ4n) is 2.10. The second-order valence-corrected chi connectivity index (χ2v) is 4.43. The first kappa shape index (κ1) is 14.0. The number of hydrogen-bond donors (Lipinski definition) is 0. The summed E-state index contributed by atoms with van der Waals surface area (Å²) in [5.74, 6) is -0.769. The number of anilines is 1. The molecule has 2 aromatic carbocycles. The maximum absolute atomic E-state index is 13.8. The van der Waals surface area contributed by atoms with Crippen LogP contribution in [0.15, 0.2) is 42.5 Å². The maximum atomic E-state index is 13.8. The number of halogens is 2. The average Bonchev–Trinajstić information content (AvgIpc) is 2.45. The Balaban J connectivity index is 2.30. The molecule has 0 bridgehead atoms. The number of nitriles is 1. The molecule has 2 rings (SSSR count). The van der Waals surface area contributed by atoms with Gasteiger partial charge in [-0.15, -0.1) is 0 Å². The predicted octanol–water partition coefficient (Wildman–Crippen LogP) is 3.86. The Bertz CT molecular complexity index is 647. The van der Waals surface area contributed by atoms with Gasteiger partial charge < -0.3 is 4.90 Å². The molecule has 0 aromatic heterocycles. The molecule has 0 fully saturated rings. The van der Waals surface area contributed by atoms with E-state index in [-0.39, 0.29) is 11.4 Å². The number of nitrogens with zero attached hydrogens (tertiary/aromatic N) is 2. The van der Waals surface area contributed by atoms with Gasteiger partial charge in [0.05, 0.1) is 17.3 Å². The molecule has 0 amide bonds. The van der Waals surface area contributed by atoms with E-state index in [1.807, 2.05) is 13.0 Å². The van der Waals surface area contributed by atoms with Gasteiger partial charge in [-0.05, 0) is 42.8 Å². The minimum atomic E-state index is -0.455. The maximum Gasteiger partial charge on any atom is 0.146 e. The van der Waals surface area contributed by atoms with E-state index in [2.05, 4.69) is 0 Å². The largest absolute Gasteiger partial charge is 0.365 e. The van der Waals surface area contributed by atoms with Crippen LogP contribution < -0.4 is 4.90 Å². The van der Waals surface area contributed by atoms with Crippen molar-refractivity contribution in [3.8, 4) is 6.07 Å². The van der Waals surface area contributed by atoms with Crippen molar-refractivity contribution in [2.24, 2.45) is 0 Å². The van der Waals surface area contributed by atoms with Crippen LogP contribution in [0.5, 0.6) is 0 Å². The van der Waals surface area contributed by atoms with E-state index in [0.717, 1.165) is 0 Å². The van der Waals surface area contributed by atoms with Gasteiger partial charge in [0.2, 0.25) is 0 Å². The van der Waals surface area contributed by atoms with Crippen LogP contribution in [0.3, 0.4) is 0 Å². The summed E-state index contributed by atoms with van der Waals surface area (Å²) in [6.45, 7) is 2.83. The Morgan fingerprint density at radius 1 is 1.15 bits per heavy atom. The molecule has 0 atom stereocenters. The van der Waals surface area contributed by atoms with Gasteiger partial charge in [-0.3, -0.25) is 0 Å². The zero-order chi connectivity index (χ0) is 14.5. The van der Waals surface area contributed by atoms with Crippen molar-refractivity contribution in [3.05, 3.63) is 65.2 Å². The lowest BCUT2D eigenvalue weighted by Crippen LogP contribution is -2.23. The van der Waals surface area contributed by atoms with E-state index in [1.54, 1.807) is 29.2 Å². The van der Waals surface area contributed by atoms with Crippen molar-refractivity contribution in [2.75, 3.05) is 11.4 Å². The molecule has 0 N–H and O–H groups in total. The number of hydrogen-bond acceptors (Lipinski definition) is 2. The standard InChI is InChI=1S/C16H14F2N2/c1-2-20(16-6-4-3-5-15(16)18)11-13-7-12(10-19)8-14(17)9-13/h3-9H,2,11H2,1H3. The number of para-hydroxylation sites is 1. The Kier molecular flexibility index (Phi) is 4.31. The lowest BCUT2D eigenvalue weighted by molar-refractivity contribution is 0.614. The van der Waals surface area contributed by atoms with Gasteiger partial charge >= 0.3 is 0 Å². The third kappa shape index (κ3) is 3.12. The van der Waals surface area contributed by atoms with Crippen LogP contribution in [0.1, 0.15) is 18.1 Å². The normalized spacial score (nSPS) is 10.1. The third-order valence-electron chi connectivity index (χ3n) is 3.03. The van der Waals surface area contributed by atoms with Crippen LogP contribution in [-0.4, -0.2) is 6.54 Å². The van der Waals surface area contributed by atoms with Gasteiger partial charge in [0.25, 0.3) is 0 Å². The van der Waals surface area contributed by atoms with Gasteiger partial charge in [-0.2, -0.15) is 5.26 Å². The van der Waals surface area contributed by atoms with E-state index in [1.165, 1.54) is 18.2 Å². The first-order valence-corrected chi connectivity index (χ1v) is 6.33. The van der Waals surface area contributed by atoms with Crippen LogP contribution in [0.4, 0.5) is 14.5 Å². The minimum Gasteiger partial charge on any atom is -0.365 e. The topological polar surface area (TPSA) is 27.0 Å². The molecule has 0 saturated carbocycles. The molecule has 0 aliphatic rings. The predicted molar refractivity (Wildman–Crippen MR) is 74.2 cm³/mol. The summed E-state index contributed by atoms with van der Waals surface area (Å²) in [5, 5.41) is 8.85. The fourth-order valence-corrected chi connectivity index (χ4v) is 2.10. The Hall–Kier alpha value is -2.41. The Morgan fingerprint density at radius 3 is 2.55 bits per heavy atom. The van der Waals surface area contributed by atoms with Crippen molar-refractivity contribution < 1.29 is 8.78 Å². The van der Waals surface area contributed by atoms with Crippen LogP contribution in [0, 0.1) is 23.0 Å². The smallest absolute Gasteiger partial charge is 0.146 e. The molecule has 0 spiro atoms. The second-order valence-electron chi connectivity index (χ2n) is 4.43. The molecule has 2 aromatic rings. The Labute approximate surface area is 116 Å². The summed E-state index contributed by atoms with van der Waals surface area (Å²) >= 11 is 0. The van der Waals surface area contributed by atoms with Crippen LogP contribution in [-0.2, 0) is 6.54 Å². The summed E-state index contributed by atoms with van der Waals surface area (Å²) < 4.78 is 27.2. The zero-order valence-corrected chi connectivity index (χ0v) is 11.1. The highest BCUT2D eigenvalue weighted by molar-refractivity contribution is 5.48. The summed E-state index contributed by atoms with van der Waals surface area (Å²) in [6.07, 6.45) is 0. The molecule has 0 saturated heterocycles. The van der Waals surface area contributed by atoms with Crippen LogP contribution >= 0.6 is 0 Å². The highest BCUT2D eigenvalue weighted by Crippen LogP contribution is 2.21. The molecular weight excluding hydrogens is 258 g/mol. The SMILES string of the molecule is CCN(Cc1cc(F)cc(C#N)c1)c1ccccc1F. The highest BCUT2D eigenvalue weighted by Gasteiger charge is 2.11. The van der Waals surface area contributed by atoms with Crippen molar-refractivity contribution in [3.63, 3.8) is 0 Å². The summed E-state index contributed by atoms with van der Waals surface area (Å²) in [6, 6.07) is 12.5. The van der Waals surface area contributed by atoms with Gasteiger partial charge in [0.15, 0.2) is 0 Å². The highest BCUT2D eigenvalue weighted by atomic mass is 19.1. The van der Waals surface area contributed by atoms with Gasteiger partial charge in [-0.1, -0.05) is 12.1 Å². The number of rotatable bonds is 4. The molecule has 0 radical (unpaired) electrons. The number of benzene rings is 2. The zero-order valence-electron chi connectivity index (χ0n) is 11.1. The first-order chi connectivity index (χ1) is 9.63. The first-order valence-electron chi connectivity index (χ1n) is 6.33. The molecule has 0 aliphatic heterocycles. The summed E-state index contributed by atoms with van der Waals surface area (Å²) in [7, 11) is 0. The third-order valence-corrected chi connectivity index (χ3v) is 3.03. The van der Waals surface area contributed by atoms with Crippen LogP contribution in [0.2, 0.25) is 0 Å². The van der Waals surface area contributed by atoms with Crippen molar-refractivity contribution in [1.82, 2.24) is 0 Å². The molecule has 0 heterocycles. The molecule has 4 heteroatoms. The molecule has 20 heavy (non-hydrogen) atoms. The van der Waals surface area contributed by atoms with Crippen LogP contribution in [0.25, 0.3) is 0 Å². The molecule has 0 unspecified atom stereocenters. The van der Waals surface area contributed by atoms with E-state index < -0.39 is 5.82 Å². The summed E-state index contributed by atoms with van der Waals surface area (Å²) in [5.41, 5.74) is 1.38. The average molecular weight is 272 g/mol. The van der Waals surface area contributed by atoms with Crippen molar-refractivity contribution >= 4 is 5.69 Å².